The second-order valence-corrected chi connectivity index (χ2v) is 6.42. The molecule has 1 saturated heterocycles. The van der Waals surface area contributed by atoms with Gasteiger partial charge in [0.25, 0.3) is 0 Å². The van der Waals surface area contributed by atoms with Crippen molar-refractivity contribution in [2.75, 3.05) is 11.5 Å². The van der Waals surface area contributed by atoms with Gasteiger partial charge in [-0.25, -0.2) is 0 Å². The Kier molecular flexibility index (Phi) is 2.82. The van der Waals surface area contributed by atoms with E-state index in [1.165, 1.54) is 9.80 Å². The minimum absolute atomic E-state index is 0.263. The van der Waals surface area contributed by atoms with E-state index in [9.17, 15) is 4.79 Å². The van der Waals surface area contributed by atoms with Crippen LogP contribution in [0.4, 0.5) is 0 Å². The number of ketones is 1. The minimum Gasteiger partial charge on any atom is -0.289 e. The van der Waals surface area contributed by atoms with Gasteiger partial charge in [-0.1, -0.05) is 24.3 Å². The summed E-state index contributed by atoms with van der Waals surface area (Å²) in [5, 5.41) is 0. The molecule has 0 N–H and O–H groups in total. The van der Waals surface area contributed by atoms with Gasteiger partial charge in [0, 0.05) is 26.9 Å². The van der Waals surface area contributed by atoms with Crippen LogP contribution in [0.25, 0.3) is 0 Å². The Morgan fingerprint density at radius 2 is 1.75 bits per heavy atom. The van der Waals surface area contributed by atoms with Crippen LogP contribution in [0.5, 0.6) is 0 Å². The number of carbonyl (C=O) groups excluding carboxylic acids is 1. The van der Waals surface area contributed by atoms with Crippen LogP contribution in [0.15, 0.2) is 34.1 Å². The Morgan fingerprint density at radius 1 is 1.00 bits per heavy atom. The lowest BCUT2D eigenvalue weighted by molar-refractivity contribution is 0.102. The van der Waals surface area contributed by atoms with Crippen molar-refractivity contribution >= 4 is 29.3 Å². The summed E-state index contributed by atoms with van der Waals surface area (Å²) in [6, 6.07) is 8.01. The first-order valence-electron chi connectivity index (χ1n) is 5.47. The molecule has 1 aromatic rings. The fourth-order valence-electron chi connectivity index (χ4n) is 2.17. The van der Waals surface area contributed by atoms with E-state index in [0.717, 1.165) is 35.5 Å². The third-order valence-corrected chi connectivity index (χ3v) is 5.78. The molecule has 0 saturated carbocycles. The van der Waals surface area contributed by atoms with E-state index in [4.69, 9.17) is 0 Å². The molecule has 0 spiro atoms. The van der Waals surface area contributed by atoms with Gasteiger partial charge < -0.3 is 0 Å². The zero-order chi connectivity index (χ0) is 11.0. The molecule has 3 heteroatoms. The average molecular weight is 248 g/mol. The molecule has 0 aromatic heterocycles. The van der Waals surface area contributed by atoms with Crippen LogP contribution < -0.4 is 0 Å². The highest BCUT2D eigenvalue weighted by Crippen LogP contribution is 2.42. The van der Waals surface area contributed by atoms with Crippen molar-refractivity contribution in [1.82, 2.24) is 0 Å². The highest BCUT2D eigenvalue weighted by atomic mass is 32.2. The van der Waals surface area contributed by atoms with Crippen LogP contribution in [-0.4, -0.2) is 17.3 Å². The molecule has 1 aliphatic carbocycles. The van der Waals surface area contributed by atoms with E-state index in [-0.39, 0.29) is 5.78 Å². The average Bonchev–Trinajstić information content (AvgIpc) is 2.83. The number of fused-ring (bicyclic) bond motifs is 1. The molecule has 1 heterocycles. The standard InChI is InChI=1S/C13H12OS2/c14-12-10-4-2-1-3-9(10)5-6-11(12)13-15-7-8-16-13/h1-4H,5-8H2. The number of rotatable bonds is 0. The first kappa shape index (κ1) is 10.5. The van der Waals surface area contributed by atoms with Crippen molar-refractivity contribution in [1.29, 1.82) is 0 Å². The van der Waals surface area contributed by atoms with Crippen molar-refractivity contribution in [3.8, 4) is 0 Å². The highest BCUT2D eigenvalue weighted by molar-refractivity contribution is 8.25. The summed E-state index contributed by atoms with van der Waals surface area (Å²) in [5.41, 5.74) is 3.19. The van der Waals surface area contributed by atoms with Gasteiger partial charge in [-0.15, -0.1) is 23.5 Å². The van der Waals surface area contributed by atoms with Crippen LogP contribution in [-0.2, 0) is 6.42 Å². The molecule has 1 aliphatic heterocycles. The fraction of sp³-hybridized carbons (Fsp3) is 0.308. The quantitative estimate of drug-likeness (QED) is 0.654. The molecule has 1 fully saturated rings. The smallest absolute Gasteiger partial charge is 0.190 e. The first-order chi connectivity index (χ1) is 7.86. The topological polar surface area (TPSA) is 17.1 Å². The third kappa shape index (κ3) is 1.72. The van der Waals surface area contributed by atoms with E-state index < -0.39 is 0 Å². The summed E-state index contributed by atoms with van der Waals surface area (Å²) in [6.07, 6.45) is 1.94. The number of hydrogen-bond acceptors (Lipinski definition) is 3. The number of hydrogen-bond donors (Lipinski definition) is 0. The molecule has 2 aliphatic rings. The lowest BCUT2D eigenvalue weighted by atomic mass is 9.88. The van der Waals surface area contributed by atoms with E-state index in [1.54, 1.807) is 0 Å². The van der Waals surface area contributed by atoms with Crippen molar-refractivity contribution < 1.29 is 4.79 Å². The predicted octanol–water partition coefficient (Wildman–Crippen LogP) is 3.51. The van der Waals surface area contributed by atoms with E-state index >= 15 is 0 Å². The molecule has 1 aromatic carbocycles. The fourth-order valence-corrected chi connectivity index (χ4v) is 4.78. The van der Waals surface area contributed by atoms with Crippen LogP contribution in [0.2, 0.25) is 0 Å². The summed E-state index contributed by atoms with van der Waals surface area (Å²) in [5.74, 6) is 2.57. The van der Waals surface area contributed by atoms with E-state index in [0.29, 0.717) is 0 Å². The van der Waals surface area contributed by atoms with Crippen LogP contribution in [0, 0.1) is 0 Å². The van der Waals surface area contributed by atoms with E-state index in [1.807, 2.05) is 41.7 Å². The Bertz CT molecular complexity index is 469. The van der Waals surface area contributed by atoms with Gasteiger partial charge in [0.15, 0.2) is 5.78 Å². The molecular formula is C13H12OS2. The van der Waals surface area contributed by atoms with Crippen molar-refractivity contribution in [2.45, 2.75) is 12.8 Å². The second kappa shape index (κ2) is 4.30. The molecule has 0 amide bonds. The lowest BCUT2D eigenvalue weighted by Crippen LogP contribution is -2.14. The van der Waals surface area contributed by atoms with Crippen molar-refractivity contribution in [3.63, 3.8) is 0 Å². The third-order valence-electron chi connectivity index (χ3n) is 2.98. The molecule has 1 nitrogen and oxygen atoms in total. The normalized spacial score (nSPS) is 20.1. The highest BCUT2D eigenvalue weighted by Gasteiger charge is 2.26. The van der Waals surface area contributed by atoms with Gasteiger partial charge in [0.05, 0.1) is 0 Å². The largest absolute Gasteiger partial charge is 0.289 e. The number of thioether (sulfide) groups is 2. The number of Topliss-reactive ketones (excluding diaryl/α,β-unsaturated/α-hetero) is 1. The number of benzene rings is 1. The Morgan fingerprint density at radius 3 is 2.56 bits per heavy atom. The van der Waals surface area contributed by atoms with Crippen LogP contribution in [0.3, 0.4) is 0 Å². The number of allylic oxidation sites excluding steroid dienone is 1. The molecule has 82 valence electrons. The molecular weight excluding hydrogens is 236 g/mol. The summed E-state index contributed by atoms with van der Waals surface area (Å²) < 4.78 is 1.28. The van der Waals surface area contributed by atoms with Gasteiger partial charge >= 0.3 is 0 Å². The molecule has 0 bridgehead atoms. The molecule has 3 rings (SSSR count). The maximum absolute atomic E-state index is 12.3. The zero-order valence-electron chi connectivity index (χ0n) is 8.86. The SMILES string of the molecule is O=C1C(=C2SCCS2)CCc2ccccc21. The molecule has 0 atom stereocenters. The Hall–Kier alpha value is -0.670. The predicted molar refractivity (Wildman–Crippen MR) is 71.0 cm³/mol. The Balaban J connectivity index is 2.04. The van der Waals surface area contributed by atoms with Gasteiger partial charge in [0.2, 0.25) is 0 Å². The van der Waals surface area contributed by atoms with Crippen LogP contribution in [0.1, 0.15) is 22.3 Å². The van der Waals surface area contributed by atoms with E-state index in [2.05, 4.69) is 6.07 Å². The van der Waals surface area contributed by atoms with Gasteiger partial charge in [0.1, 0.15) is 0 Å². The minimum atomic E-state index is 0.263. The molecule has 0 unspecified atom stereocenters. The number of carbonyl (C=O) groups is 1. The van der Waals surface area contributed by atoms with Gasteiger partial charge in [-0.05, 0) is 18.4 Å². The van der Waals surface area contributed by atoms with Crippen molar-refractivity contribution in [2.24, 2.45) is 0 Å². The van der Waals surface area contributed by atoms with Gasteiger partial charge in [-0.3, -0.25) is 4.79 Å². The summed E-state index contributed by atoms with van der Waals surface area (Å²) in [7, 11) is 0. The number of aryl methyl sites for hydroxylation is 1. The van der Waals surface area contributed by atoms with Crippen LogP contribution >= 0.6 is 23.5 Å². The zero-order valence-corrected chi connectivity index (χ0v) is 10.5. The summed E-state index contributed by atoms with van der Waals surface area (Å²) >= 11 is 3.70. The maximum atomic E-state index is 12.3. The molecule has 16 heavy (non-hydrogen) atoms. The second-order valence-electron chi connectivity index (χ2n) is 3.95. The maximum Gasteiger partial charge on any atom is 0.190 e. The monoisotopic (exact) mass is 248 g/mol. The summed E-state index contributed by atoms with van der Waals surface area (Å²) in [4.78, 5) is 12.3. The first-order valence-corrected chi connectivity index (χ1v) is 7.45. The lowest BCUT2D eigenvalue weighted by Gasteiger charge is -2.18. The summed E-state index contributed by atoms with van der Waals surface area (Å²) in [6.45, 7) is 0. The van der Waals surface area contributed by atoms with Crippen molar-refractivity contribution in [3.05, 3.63) is 45.2 Å². The molecule has 0 radical (unpaired) electrons. The van der Waals surface area contributed by atoms with Gasteiger partial charge in [-0.2, -0.15) is 0 Å². The Labute approximate surface area is 104 Å².